The van der Waals surface area contributed by atoms with Crippen molar-refractivity contribution in [1.82, 2.24) is 19.6 Å². The predicted molar refractivity (Wildman–Crippen MR) is 141 cm³/mol. The number of para-hydroxylation sites is 1. The fraction of sp³-hybridized carbons (Fsp3) is 0.276. The Labute approximate surface area is 213 Å². The summed E-state index contributed by atoms with van der Waals surface area (Å²) in [5, 5.41) is 9.52. The molecule has 0 spiro atoms. The van der Waals surface area contributed by atoms with E-state index in [-0.39, 0.29) is 17.6 Å². The van der Waals surface area contributed by atoms with Gasteiger partial charge in [0.05, 0.1) is 12.5 Å². The van der Waals surface area contributed by atoms with Crippen LogP contribution in [0.1, 0.15) is 25.7 Å². The molecule has 3 aromatic carbocycles. The molecular formula is C29H28FN5O2. The van der Waals surface area contributed by atoms with E-state index in [1.54, 1.807) is 12.1 Å². The number of rotatable bonds is 6. The maximum absolute atomic E-state index is 13.2. The van der Waals surface area contributed by atoms with Crippen LogP contribution in [-0.4, -0.2) is 38.6 Å². The average Bonchev–Trinajstić information content (AvgIpc) is 3.51. The summed E-state index contributed by atoms with van der Waals surface area (Å²) in [4.78, 5) is 19.9. The highest BCUT2D eigenvalue weighted by molar-refractivity contribution is 6.09. The number of nitrogens with zero attached hydrogens (tertiary/aromatic N) is 4. The molecule has 1 unspecified atom stereocenters. The maximum Gasteiger partial charge on any atom is 0.241 e. The van der Waals surface area contributed by atoms with Crippen molar-refractivity contribution in [3.63, 3.8) is 0 Å². The van der Waals surface area contributed by atoms with Gasteiger partial charge < -0.3 is 14.4 Å². The number of aromatic nitrogens is 3. The fourth-order valence-electron chi connectivity index (χ4n) is 5.36. The van der Waals surface area contributed by atoms with Gasteiger partial charge in [0.15, 0.2) is 0 Å². The molecular weight excluding hydrogens is 469 g/mol. The summed E-state index contributed by atoms with van der Waals surface area (Å²) < 4.78 is 20.9. The van der Waals surface area contributed by atoms with Gasteiger partial charge >= 0.3 is 0 Å². The first-order chi connectivity index (χ1) is 18.1. The fourth-order valence-corrected chi connectivity index (χ4v) is 5.36. The third kappa shape index (κ3) is 4.60. The van der Waals surface area contributed by atoms with E-state index >= 15 is 0 Å². The van der Waals surface area contributed by atoms with Crippen LogP contribution < -0.4 is 5.32 Å². The van der Waals surface area contributed by atoms with E-state index in [0.29, 0.717) is 30.4 Å². The highest BCUT2D eigenvalue weighted by Crippen LogP contribution is 2.31. The first-order valence-corrected chi connectivity index (χ1v) is 12.7. The third-order valence-electron chi connectivity index (χ3n) is 7.16. The number of carbonyl (C=O) groups excluding carboxylic acids is 1. The van der Waals surface area contributed by atoms with Crippen LogP contribution in [0.2, 0.25) is 0 Å². The van der Waals surface area contributed by atoms with Crippen LogP contribution in [-0.2, 0) is 17.9 Å². The van der Waals surface area contributed by atoms with Gasteiger partial charge in [-0.15, -0.1) is 0 Å². The summed E-state index contributed by atoms with van der Waals surface area (Å²) in [6.07, 6.45) is 1.75. The lowest BCUT2D eigenvalue weighted by molar-refractivity contribution is -0.121. The van der Waals surface area contributed by atoms with Gasteiger partial charge in [0, 0.05) is 46.1 Å². The van der Waals surface area contributed by atoms with Crippen LogP contribution in [0.25, 0.3) is 33.2 Å². The summed E-state index contributed by atoms with van der Waals surface area (Å²) in [5.41, 5.74) is 3.89. The lowest BCUT2D eigenvalue weighted by Gasteiger charge is -2.30. The van der Waals surface area contributed by atoms with Crippen molar-refractivity contribution in [2.75, 3.05) is 18.4 Å². The largest absolute Gasteiger partial charge is 0.341 e. The highest BCUT2D eigenvalue weighted by atomic mass is 19.1. The van der Waals surface area contributed by atoms with E-state index in [2.05, 4.69) is 68.2 Å². The van der Waals surface area contributed by atoms with Crippen LogP contribution in [0.5, 0.6) is 0 Å². The Morgan fingerprint density at radius 3 is 2.73 bits per heavy atom. The van der Waals surface area contributed by atoms with Crippen LogP contribution in [0, 0.1) is 11.7 Å². The van der Waals surface area contributed by atoms with E-state index in [1.165, 1.54) is 28.6 Å². The van der Waals surface area contributed by atoms with Crippen molar-refractivity contribution in [2.45, 2.75) is 32.9 Å². The number of halogens is 1. The Balaban J connectivity index is 1.14. The van der Waals surface area contributed by atoms with Gasteiger partial charge in [0.25, 0.3) is 0 Å². The Kier molecular flexibility index (Phi) is 6.18. The highest BCUT2D eigenvalue weighted by Gasteiger charge is 2.27. The molecule has 1 fully saturated rings. The molecule has 3 heterocycles. The average molecular weight is 498 g/mol. The summed E-state index contributed by atoms with van der Waals surface area (Å²) in [7, 11) is 0. The zero-order valence-corrected chi connectivity index (χ0v) is 20.7. The zero-order valence-electron chi connectivity index (χ0n) is 20.7. The lowest BCUT2D eigenvalue weighted by atomic mass is 9.97. The topological polar surface area (TPSA) is 76.2 Å². The molecule has 6 rings (SSSR count). The molecule has 188 valence electrons. The molecule has 2 aromatic heterocycles. The van der Waals surface area contributed by atoms with Gasteiger partial charge in [-0.1, -0.05) is 23.4 Å². The first-order valence-electron chi connectivity index (χ1n) is 12.7. The quantitative estimate of drug-likeness (QED) is 0.318. The Morgan fingerprint density at radius 2 is 1.89 bits per heavy atom. The van der Waals surface area contributed by atoms with E-state index in [9.17, 15) is 9.18 Å². The van der Waals surface area contributed by atoms with Crippen molar-refractivity contribution < 1.29 is 13.7 Å². The molecule has 7 nitrogen and oxygen atoms in total. The number of aryl methyl sites for hydroxylation is 1. The number of likely N-dealkylation sites (tertiary alicyclic amines) is 1. The molecule has 37 heavy (non-hydrogen) atoms. The number of carbonyl (C=O) groups is 1. The van der Waals surface area contributed by atoms with Gasteiger partial charge in [-0.25, -0.2) is 4.39 Å². The molecule has 5 aromatic rings. The Hall–Kier alpha value is -4.04. The normalized spacial score (nSPS) is 16.4. The van der Waals surface area contributed by atoms with Crippen LogP contribution >= 0.6 is 0 Å². The summed E-state index contributed by atoms with van der Waals surface area (Å²) in [6.45, 7) is 4.99. The van der Waals surface area contributed by atoms with E-state index in [4.69, 9.17) is 4.52 Å². The molecule has 1 N–H and O–H groups in total. The first kappa shape index (κ1) is 23.4. The monoisotopic (exact) mass is 497 g/mol. The van der Waals surface area contributed by atoms with E-state index in [0.717, 1.165) is 37.0 Å². The molecule has 1 aliphatic heterocycles. The molecule has 1 aliphatic rings. The van der Waals surface area contributed by atoms with Crippen LogP contribution in [0.3, 0.4) is 0 Å². The standard InChI is InChI=1S/C29H28FN5O2/c1-2-35-25-8-4-3-7-23(25)24-16-22(13-14-26(24)35)31-29(36)20-6-5-15-34(17-20)18-27-32-28(33-37-27)19-9-11-21(30)12-10-19/h3-4,7-14,16,20H,2,5-6,15,17-18H2,1H3,(H,31,36). The van der Waals surface area contributed by atoms with Gasteiger partial charge in [0.1, 0.15) is 5.82 Å². The van der Waals surface area contributed by atoms with Crippen molar-refractivity contribution in [2.24, 2.45) is 5.92 Å². The molecule has 0 bridgehead atoms. The van der Waals surface area contributed by atoms with Crippen LogP contribution in [0.15, 0.2) is 71.3 Å². The van der Waals surface area contributed by atoms with Gasteiger partial charge in [-0.05, 0) is 74.8 Å². The molecule has 0 aliphatic carbocycles. The summed E-state index contributed by atoms with van der Waals surface area (Å²) in [5.74, 6) is 0.513. The smallest absolute Gasteiger partial charge is 0.241 e. The predicted octanol–water partition coefficient (Wildman–Crippen LogP) is 5.85. The second kappa shape index (κ2) is 9.78. The SMILES string of the molecule is CCn1c2ccccc2c2cc(NC(=O)C3CCCN(Cc4nc(-c5ccc(F)cc5)no4)C3)ccc21. The van der Waals surface area contributed by atoms with E-state index < -0.39 is 0 Å². The number of anilines is 1. The molecule has 0 radical (unpaired) electrons. The van der Waals surface area contributed by atoms with Crippen LogP contribution in [0.4, 0.5) is 10.1 Å². The van der Waals surface area contributed by atoms with Crippen molar-refractivity contribution in [3.05, 3.63) is 78.4 Å². The second-order valence-corrected chi connectivity index (χ2v) is 9.58. The third-order valence-corrected chi connectivity index (χ3v) is 7.16. The number of hydrogen-bond donors (Lipinski definition) is 1. The number of amides is 1. The Bertz CT molecular complexity index is 1570. The number of fused-ring (bicyclic) bond motifs is 3. The molecule has 1 atom stereocenters. The minimum Gasteiger partial charge on any atom is -0.341 e. The molecule has 1 amide bonds. The minimum atomic E-state index is -0.308. The number of benzene rings is 3. The minimum absolute atomic E-state index is 0.0285. The summed E-state index contributed by atoms with van der Waals surface area (Å²) in [6, 6.07) is 20.5. The van der Waals surface area contributed by atoms with Gasteiger partial charge in [-0.2, -0.15) is 4.98 Å². The van der Waals surface area contributed by atoms with Gasteiger partial charge in [0.2, 0.25) is 17.6 Å². The van der Waals surface area contributed by atoms with Crippen molar-refractivity contribution >= 4 is 33.4 Å². The summed E-state index contributed by atoms with van der Waals surface area (Å²) >= 11 is 0. The zero-order chi connectivity index (χ0) is 25.4. The molecule has 1 saturated heterocycles. The Morgan fingerprint density at radius 1 is 1.08 bits per heavy atom. The van der Waals surface area contributed by atoms with E-state index in [1.807, 2.05) is 6.07 Å². The lowest BCUT2D eigenvalue weighted by Crippen LogP contribution is -2.40. The van der Waals surface area contributed by atoms with Crippen molar-refractivity contribution in [3.8, 4) is 11.4 Å². The number of piperidine rings is 1. The molecule has 8 heteroatoms. The van der Waals surface area contributed by atoms with Gasteiger partial charge in [-0.3, -0.25) is 9.69 Å². The number of nitrogens with one attached hydrogen (secondary N) is 1. The number of hydrogen-bond acceptors (Lipinski definition) is 5. The van der Waals surface area contributed by atoms with Crippen molar-refractivity contribution in [1.29, 1.82) is 0 Å². The second-order valence-electron chi connectivity index (χ2n) is 9.58. The maximum atomic E-state index is 13.2. The molecule has 0 saturated carbocycles.